The van der Waals surface area contributed by atoms with Gasteiger partial charge in [0, 0.05) is 13.1 Å². The van der Waals surface area contributed by atoms with E-state index in [1.165, 1.54) is 26.3 Å². The lowest BCUT2D eigenvalue weighted by atomic mass is 10.1. The summed E-state index contributed by atoms with van der Waals surface area (Å²) >= 11 is 0. The average Bonchev–Trinajstić information content (AvgIpc) is 2.42. The molecule has 0 radical (unpaired) electrons. The van der Waals surface area contributed by atoms with Crippen molar-refractivity contribution in [2.45, 2.75) is 26.4 Å². The second-order valence-electron chi connectivity index (χ2n) is 5.49. The third-order valence-corrected chi connectivity index (χ3v) is 2.62. The van der Waals surface area contributed by atoms with Crippen molar-refractivity contribution in [3.63, 3.8) is 0 Å². The molecule has 120 valence electrons. The molecule has 0 fully saturated rings. The Bertz CT molecular complexity index is 606. The number of nitro groups is 1. The number of hydrogen-bond acceptors (Lipinski definition) is 6. The summed E-state index contributed by atoms with van der Waals surface area (Å²) in [7, 11) is 2.53. The molecular formula is C14H18N2O6. The first kappa shape index (κ1) is 17.4. The molecule has 1 rings (SSSR count). The van der Waals surface area contributed by atoms with Crippen LogP contribution in [-0.2, 0) is 9.47 Å². The predicted molar refractivity (Wildman–Crippen MR) is 79.1 cm³/mol. The van der Waals surface area contributed by atoms with Gasteiger partial charge in [0.2, 0.25) is 0 Å². The topological polar surface area (TPSA) is 99.0 Å². The molecule has 0 saturated carbocycles. The van der Waals surface area contributed by atoms with E-state index in [1.54, 1.807) is 20.8 Å². The highest BCUT2D eigenvalue weighted by molar-refractivity contribution is 5.95. The SMILES string of the molecule is COC(=O)c1ccc([N+](=O)[O-])c(N(C)C(=O)OC(C)(C)C)c1. The van der Waals surface area contributed by atoms with E-state index in [2.05, 4.69) is 4.74 Å². The van der Waals surface area contributed by atoms with Gasteiger partial charge in [-0.05, 0) is 32.9 Å². The maximum Gasteiger partial charge on any atom is 0.414 e. The highest BCUT2D eigenvalue weighted by Crippen LogP contribution is 2.29. The maximum absolute atomic E-state index is 12.0. The van der Waals surface area contributed by atoms with E-state index in [1.807, 2.05) is 0 Å². The predicted octanol–water partition coefficient (Wildman–Crippen LogP) is 2.75. The molecule has 0 unspecified atom stereocenters. The molecule has 0 bridgehead atoms. The Kier molecular flexibility index (Phi) is 5.08. The Morgan fingerprint density at radius 3 is 2.32 bits per heavy atom. The number of esters is 1. The summed E-state index contributed by atoms with van der Waals surface area (Å²) in [6.45, 7) is 5.04. The molecule has 22 heavy (non-hydrogen) atoms. The molecule has 1 amide bonds. The summed E-state index contributed by atoms with van der Waals surface area (Å²) in [5, 5.41) is 11.1. The van der Waals surface area contributed by atoms with Crippen molar-refractivity contribution in [1.82, 2.24) is 0 Å². The zero-order valence-electron chi connectivity index (χ0n) is 13.1. The Morgan fingerprint density at radius 2 is 1.86 bits per heavy atom. The fraction of sp³-hybridized carbons (Fsp3) is 0.429. The molecule has 0 aromatic heterocycles. The van der Waals surface area contributed by atoms with Crippen molar-refractivity contribution in [2.24, 2.45) is 0 Å². The minimum absolute atomic E-state index is 0.0536. The van der Waals surface area contributed by atoms with Crippen LogP contribution in [0.2, 0.25) is 0 Å². The van der Waals surface area contributed by atoms with Crippen LogP contribution in [-0.4, -0.2) is 36.7 Å². The first-order valence-corrected chi connectivity index (χ1v) is 6.40. The first-order chi connectivity index (χ1) is 10.1. The van der Waals surface area contributed by atoms with Crippen molar-refractivity contribution in [3.05, 3.63) is 33.9 Å². The zero-order chi connectivity index (χ0) is 17.1. The van der Waals surface area contributed by atoms with Gasteiger partial charge in [-0.1, -0.05) is 0 Å². The van der Waals surface area contributed by atoms with E-state index in [-0.39, 0.29) is 16.9 Å². The Balaban J connectivity index is 3.26. The number of rotatable bonds is 3. The number of amides is 1. The molecule has 8 heteroatoms. The molecular weight excluding hydrogens is 292 g/mol. The van der Waals surface area contributed by atoms with E-state index >= 15 is 0 Å². The van der Waals surface area contributed by atoms with E-state index in [0.29, 0.717) is 0 Å². The van der Waals surface area contributed by atoms with Gasteiger partial charge in [-0.2, -0.15) is 0 Å². The smallest absolute Gasteiger partial charge is 0.414 e. The van der Waals surface area contributed by atoms with E-state index in [9.17, 15) is 19.7 Å². The van der Waals surface area contributed by atoms with Crippen LogP contribution in [0.15, 0.2) is 18.2 Å². The Morgan fingerprint density at radius 1 is 1.27 bits per heavy atom. The van der Waals surface area contributed by atoms with E-state index in [4.69, 9.17) is 4.74 Å². The standard InChI is InChI=1S/C14H18N2O6/c1-14(2,3)22-13(18)15(4)11-8-9(12(17)21-5)6-7-10(11)16(19)20/h6-8H,1-5H3. The number of benzene rings is 1. The van der Waals surface area contributed by atoms with Crippen LogP contribution in [0.4, 0.5) is 16.2 Å². The van der Waals surface area contributed by atoms with Gasteiger partial charge in [0.1, 0.15) is 11.3 Å². The van der Waals surface area contributed by atoms with Crippen LogP contribution in [0.1, 0.15) is 31.1 Å². The molecule has 0 heterocycles. The number of nitro benzene ring substituents is 1. The molecule has 8 nitrogen and oxygen atoms in total. The van der Waals surface area contributed by atoms with Crippen LogP contribution >= 0.6 is 0 Å². The molecule has 0 aliphatic heterocycles. The van der Waals surface area contributed by atoms with Crippen molar-refractivity contribution < 1.29 is 24.0 Å². The monoisotopic (exact) mass is 310 g/mol. The quantitative estimate of drug-likeness (QED) is 0.483. The minimum atomic E-state index is -0.766. The van der Waals surface area contributed by atoms with Crippen LogP contribution in [0, 0.1) is 10.1 Å². The normalized spacial score (nSPS) is 10.8. The fourth-order valence-corrected chi connectivity index (χ4v) is 1.62. The van der Waals surface area contributed by atoms with Gasteiger partial charge in [0.05, 0.1) is 17.6 Å². The second kappa shape index (κ2) is 6.42. The highest BCUT2D eigenvalue weighted by atomic mass is 16.6. The molecule has 0 aliphatic carbocycles. The Hall–Kier alpha value is -2.64. The lowest BCUT2D eigenvalue weighted by Gasteiger charge is -2.24. The zero-order valence-corrected chi connectivity index (χ0v) is 13.1. The Labute approximate surface area is 127 Å². The van der Waals surface area contributed by atoms with Gasteiger partial charge in [0.25, 0.3) is 5.69 Å². The van der Waals surface area contributed by atoms with Crippen molar-refractivity contribution in [3.8, 4) is 0 Å². The van der Waals surface area contributed by atoms with Crippen molar-refractivity contribution in [2.75, 3.05) is 19.1 Å². The number of carbonyl (C=O) groups excluding carboxylic acids is 2. The van der Waals surface area contributed by atoms with Gasteiger partial charge in [-0.25, -0.2) is 9.59 Å². The number of anilines is 1. The third kappa shape index (κ3) is 4.18. The lowest BCUT2D eigenvalue weighted by molar-refractivity contribution is -0.384. The van der Waals surface area contributed by atoms with Gasteiger partial charge in [-0.3, -0.25) is 15.0 Å². The van der Waals surface area contributed by atoms with E-state index in [0.717, 1.165) is 11.0 Å². The van der Waals surface area contributed by atoms with Gasteiger partial charge in [-0.15, -0.1) is 0 Å². The molecule has 0 aliphatic rings. The third-order valence-electron chi connectivity index (χ3n) is 2.62. The fourth-order valence-electron chi connectivity index (χ4n) is 1.62. The van der Waals surface area contributed by atoms with Crippen molar-refractivity contribution >= 4 is 23.4 Å². The maximum atomic E-state index is 12.0. The number of ether oxygens (including phenoxy) is 2. The number of carbonyl (C=O) groups is 2. The van der Waals surface area contributed by atoms with Crippen LogP contribution in [0.25, 0.3) is 0 Å². The molecule has 0 saturated heterocycles. The number of hydrogen-bond donors (Lipinski definition) is 0. The molecule has 0 N–H and O–H groups in total. The summed E-state index contributed by atoms with van der Waals surface area (Å²) in [6, 6.07) is 3.62. The number of nitrogens with zero attached hydrogens (tertiary/aromatic N) is 2. The average molecular weight is 310 g/mol. The van der Waals surface area contributed by atoms with Crippen LogP contribution in [0.3, 0.4) is 0 Å². The van der Waals surface area contributed by atoms with E-state index < -0.39 is 22.6 Å². The van der Waals surface area contributed by atoms with Gasteiger partial charge >= 0.3 is 12.1 Å². The van der Waals surface area contributed by atoms with Gasteiger partial charge in [0.15, 0.2) is 0 Å². The summed E-state index contributed by atoms with van der Waals surface area (Å²) in [5.74, 6) is -0.659. The van der Waals surface area contributed by atoms with Crippen LogP contribution < -0.4 is 4.90 Å². The summed E-state index contributed by atoms with van der Waals surface area (Å²) in [6.07, 6.45) is -0.766. The summed E-state index contributed by atoms with van der Waals surface area (Å²) in [5.41, 5.74) is -1.03. The largest absolute Gasteiger partial charge is 0.465 e. The minimum Gasteiger partial charge on any atom is -0.465 e. The second-order valence-corrected chi connectivity index (χ2v) is 5.49. The van der Waals surface area contributed by atoms with Gasteiger partial charge < -0.3 is 9.47 Å². The molecule has 1 aromatic rings. The molecule has 0 atom stereocenters. The molecule has 1 aromatic carbocycles. The highest BCUT2D eigenvalue weighted by Gasteiger charge is 2.27. The summed E-state index contributed by atoms with van der Waals surface area (Å²) in [4.78, 5) is 35.0. The molecule has 0 spiro atoms. The van der Waals surface area contributed by atoms with Crippen molar-refractivity contribution in [1.29, 1.82) is 0 Å². The van der Waals surface area contributed by atoms with Crippen LogP contribution in [0.5, 0.6) is 0 Å². The summed E-state index contributed by atoms with van der Waals surface area (Å²) < 4.78 is 9.73. The first-order valence-electron chi connectivity index (χ1n) is 6.40. The lowest BCUT2D eigenvalue weighted by Crippen LogP contribution is -2.34. The number of methoxy groups -OCH3 is 1.